The predicted octanol–water partition coefficient (Wildman–Crippen LogP) is 6.16. The lowest BCUT2D eigenvalue weighted by Gasteiger charge is -2.04. The van der Waals surface area contributed by atoms with Gasteiger partial charge in [-0.1, -0.05) is 30.3 Å². The van der Waals surface area contributed by atoms with Crippen LogP contribution in [0.2, 0.25) is 0 Å². The first-order chi connectivity index (χ1) is 13.7. The molecule has 0 saturated carbocycles. The van der Waals surface area contributed by atoms with E-state index in [-0.39, 0.29) is 5.78 Å². The second-order valence-electron chi connectivity index (χ2n) is 6.20. The van der Waals surface area contributed by atoms with Crippen LogP contribution in [-0.2, 0) is 6.42 Å². The van der Waals surface area contributed by atoms with Crippen LogP contribution in [0.4, 0.5) is 0 Å². The van der Waals surface area contributed by atoms with Crippen molar-refractivity contribution in [3.63, 3.8) is 0 Å². The fourth-order valence-corrected chi connectivity index (χ4v) is 3.10. The molecule has 5 heteroatoms. The van der Waals surface area contributed by atoms with Crippen molar-refractivity contribution >= 4 is 28.4 Å². The second kappa shape index (κ2) is 8.39. The van der Waals surface area contributed by atoms with Gasteiger partial charge in [0.2, 0.25) is 5.89 Å². The van der Waals surface area contributed by atoms with Crippen LogP contribution in [0.1, 0.15) is 15.9 Å². The lowest BCUT2D eigenvalue weighted by Crippen LogP contribution is -2.03. The minimum Gasteiger partial charge on any atom is -0.425 e. The molecule has 1 aromatic heterocycles. The number of carbonyl (C=O) groups excluding carboxylic acids is 1. The van der Waals surface area contributed by atoms with E-state index in [0.29, 0.717) is 29.6 Å². The van der Waals surface area contributed by atoms with Crippen molar-refractivity contribution in [2.45, 2.75) is 6.42 Å². The van der Waals surface area contributed by atoms with Crippen molar-refractivity contribution in [2.24, 2.45) is 0 Å². The molecule has 0 atom stereocenters. The number of nitrogens with zero attached hydrogens (tertiary/aromatic N) is 1. The van der Waals surface area contributed by atoms with E-state index in [0.717, 1.165) is 14.7 Å². The Bertz CT molecular complexity index is 1070. The summed E-state index contributed by atoms with van der Waals surface area (Å²) in [5.41, 5.74) is 2.53. The summed E-state index contributed by atoms with van der Waals surface area (Å²) in [7, 11) is 0. The average molecular weight is 481 g/mol. The molecule has 4 rings (SSSR count). The summed E-state index contributed by atoms with van der Waals surface area (Å²) in [5.74, 6) is 1.46. The number of carbonyl (C=O) groups is 1. The highest BCUT2D eigenvalue weighted by Gasteiger charge is 2.10. The number of aromatic nitrogens is 1. The van der Waals surface area contributed by atoms with Crippen LogP contribution >= 0.6 is 22.6 Å². The molecule has 4 aromatic rings. The van der Waals surface area contributed by atoms with E-state index < -0.39 is 0 Å². The number of Topliss-reactive ketones (excluding diaryl/α,β-unsaturated/α-hetero) is 1. The molecular formula is C23H16INO3. The normalized spacial score (nSPS) is 10.6. The van der Waals surface area contributed by atoms with Crippen LogP contribution in [0.3, 0.4) is 0 Å². The zero-order valence-electron chi connectivity index (χ0n) is 14.8. The van der Waals surface area contributed by atoms with Gasteiger partial charge in [0.15, 0.2) is 5.78 Å². The molecule has 0 aliphatic heterocycles. The first kappa shape index (κ1) is 18.4. The highest BCUT2D eigenvalue weighted by molar-refractivity contribution is 14.1. The molecule has 0 fully saturated rings. The van der Waals surface area contributed by atoms with Crippen molar-refractivity contribution in [1.29, 1.82) is 0 Å². The molecule has 28 heavy (non-hydrogen) atoms. The summed E-state index contributed by atoms with van der Waals surface area (Å²) in [6.07, 6.45) is 1.92. The Morgan fingerprint density at radius 2 is 1.64 bits per heavy atom. The average Bonchev–Trinajstić information content (AvgIpc) is 3.18. The first-order valence-corrected chi connectivity index (χ1v) is 9.82. The SMILES string of the molecule is O=C(Cc1ccccc1)c1ccc(Oc2cnc(-c3ccc(I)cc3)o2)cc1. The van der Waals surface area contributed by atoms with E-state index in [9.17, 15) is 4.79 Å². The van der Waals surface area contributed by atoms with Gasteiger partial charge in [-0.05, 0) is 76.7 Å². The molecule has 4 nitrogen and oxygen atoms in total. The number of halogens is 1. The molecule has 0 bridgehead atoms. The third kappa shape index (κ3) is 4.48. The zero-order valence-corrected chi connectivity index (χ0v) is 17.0. The van der Waals surface area contributed by atoms with Gasteiger partial charge in [-0.25, -0.2) is 4.98 Å². The van der Waals surface area contributed by atoms with Gasteiger partial charge in [-0.15, -0.1) is 0 Å². The summed E-state index contributed by atoms with van der Waals surface area (Å²) >= 11 is 2.25. The van der Waals surface area contributed by atoms with Gasteiger partial charge < -0.3 is 9.15 Å². The van der Waals surface area contributed by atoms with Gasteiger partial charge in [0.1, 0.15) is 11.9 Å². The molecule has 138 valence electrons. The van der Waals surface area contributed by atoms with Crippen LogP contribution in [0.5, 0.6) is 11.7 Å². The number of ketones is 1. The highest BCUT2D eigenvalue weighted by Crippen LogP contribution is 2.27. The summed E-state index contributed by atoms with van der Waals surface area (Å²) in [6, 6.07) is 24.6. The van der Waals surface area contributed by atoms with E-state index in [1.54, 1.807) is 30.5 Å². The minimum atomic E-state index is 0.0680. The number of hydrogen-bond acceptors (Lipinski definition) is 4. The highest BCUT2D eigenvalue weighted by atomic mass is 127. The maximum absolute atomic E-state index is 12.4. The third-order valence-electron chi connectivity index (χ3n) is 4.18. The first-order valence-electron chi connectivity index (χ1n) is 8.74. The van der Waals surface area contributed by atoms with Gasteiger partial charge in [0.25, 0.3) is 0 Å². The Kier molecular flexibility index (Phi) is 5.53. The van der Waals surface area contributed by atoms with Crippen LogP contribution in [-0.4, -0.2) is 10.8 Å². The van der Waals surface area contributed by atoms with Gasteiger partial charge in [0.05, 0.1) is 0 Å². The fourth-order valence-electron chi connectivity index (χ4n) is 2.74. The minimum absolute atomic E-state index is 0.0680. The summed E-state index contributed by atoms with van der Waals surface area (Å²) < 4.78 is 12.5. The maximum atomic E-state index is 12.4. The topological polar surface area (TPSA) is 52.3 Å². The third-order valence-corrected chi connectivity index (χ3v) is 4.90. The molecule has 0 amide bonds. The van der Waals surface area contributed by atoms with Crippen LogP contribution in [0.15, 0.2) is 89.5 Å². The van der Waals surface area contributed by atoms with Crippen molar-refractivity contribution in [3.05, 3.63) is 99.8 Å². The molecule has 3 aromatic carbocycles. The Hall–Kier alpha value is -2.93. The summed E-state index contributed by atoms with van der Waals surface area (Å²) in [6.45, 7) is 0. The maximum Gasteiger partial charge on any atom is 0.311 e. The van der Waals surface area contributed by atoms with Crippen LogP contribution < -0.4 is 4.74 Å². The molecule has 0 saturated heterocycles. The largest absolute Gasteiger partial charge is 0.425 e. The van der Waals surface area contributed by atoms with Gasteiger partial charge in [-0.3, -0.25) is 4.79 Å². The number of rotatable bonds is 6. The smallest absolute Gasteiger partial charge is 0.311 e. The molecule has 0 radical (unpaired) electrons. The molecular weight excluding hydrogens is 465 g/mol. The van der Waals surface area contributed by atoms with Gasteiger partial charge in [0, 0.05) is 21.1 Å². The second-order valence-corrected chi connectivity index (χ2v) is 7.45. The van der Waals surface area contributed by atoms with Crippen LogP contribution in [0.25, 0.3) is 11.5 Å². The summed E-state index contributed by atoms with van der Waals surface area (Å²) in [4.78, 5) is 16.7. The standard InChI is InChI=1S/C23H16INO3/c24-19-10-6-18(7-11-19)23-25-15-22(28-23)27-20-12-8-17(9-13-20)21(26)14-16-4-2-1-3-5-16/h1-13,15H,14H2. The molecule has 0 aliphatic rings. The Morgan fingerprint density at radius 3 is 2.36 bits per heavy atom. The van der Waals surface area contributed by atoms with E-state index >= 15 is 0 Å². The van der Waals surface area contributed by atoms with E-state index in [1.165, 1.54) is 0 Å². The van der Waals surface area contributed by atoms with Crippen molar-refractivity contribution in [1.82, 2.24) is 4.98 Å². The van der Waals surface area contributed by atoms with Gasteiger partial charge >= 0.3 is 5.95 Å². The lowest BCUT2D eigenvalue weighted by atomic mass is 10.0. The Labute approximate surface area is 176 Å². The fraction of sp³-hybridized carbons (Fsp3) is 0.0435. The van der Waals surface area contributed by atoms with Crippen molar-refractivity contribution in [2.75, 3.05) is 0 Å². The molecule has 0 aliphatic carbocycles. The molecule has 0 spiro atoms. The lowest BCUT2D eigenvalue weighted by molar-refractivity contribution is 0.0993. The number of ether oxygens (including phenoxy) is 1. The number of hydrogen-bond donors (Lipinski definition) is 0. The Morgan fingerprint density at radius 1 is 0.929 bits per heavy atom. The van der Waals surface area contributed by atoms with E-state index in [1.807, 2.05) is 54.6 Å². The predicted molar refractivity (Wildman–Crippen MR) is 116 cm³/mol. The van der Waals surface area contributed by atoms with E-state index in [2.05, 4.69) is 27.6 Å². The molecule has 0 N–H and O–H groups in total. The zero-order chi connectivity index (χ0) is 19.3. The number of oxazole rings is 1. The monoisotopic (exact) mass is 481 g/mol. The van der Waals surface area contributed by atoms with Gasteiger partial charge in [-0.2, -0.15) is 0 Å². The van der Waals surface area contributed by atoms with E-state index in [4.69, 9.17) is 9.15 Å². The van der Waals surface area contributed by atoms with Crippen molar-refractivity contribution < 1.29 is 13.9 Å². The number of benzene rings is 3. The summed E-state index contributed by atoms with van der Waals surface area (Å²) in [5, 5.41) is 0. The Balaban J connectivity index is 1.42. The molecule has 1 heterocycles. The van der Waals surface area contributed by atoms with Crippen LogP contribution in [0, 0.1) is 3.57 Å². The molecule has 0 unspecified atom stereocenters. The van der Waals surface area contributed by atoms with Crippen molar-refractivity contribution in [3.8, 4) is 23.1 Å². The quantitative estimate of drug-likeness (QED) is 0.244.